The summed E-state index contributed by atoms with van der Waals surface area (Å²) in [6.07, 6.45) is 5.60. The van der Waals surface area contributed by atoms with E-state index in [1.807, 2.05) is 20.9 Å². The second-order valence-electron chi connectivity index (χ2n) is 5.90. The van der Waals surface area contributed by atoms with Gasteiger partial charge in [0.2, 0.25) is 0 Å². The van der Waals surface area contributed by atoms with Crippen molar-refractivity contribution in [2.24, 2.45) is 7.05 Å². The second kappa shape index (κ2) is 6.96. The maximum Gasteiger partial charge on any atom is 0.272 e. The van der Waals surface area contributed by atoms with Crippen molar-refractivity contribution in [2.75, 3.05) is 18.4 Å². The molecule has 0 fully saturated rings. The lowest BCUT2D eigenvalue weighted by atomic mass is 9.99. The van der Waals surface area contributed by atoms with E-state index in [1.54, 1.807) is 23.3 Å². The molecule has 1 aliphatic rings. The number of hydrogen-bond donors (Lipinski definition) is 2. The summed E-state index contributed by atoms with van der Waals surface area (Å²) in [4.78, 5) is 20.6. The Kier molecular flexibility index (Phi) is 4.75. The summed E-state index contributed by atoms with van der Waals surface area (Å²) in [5.74, 6) is 0.524. The highest BCUT2D eigenvalue weighted by Crippen LogP contribution is 2.31. The number of carbonyl (C=O) groups excluding carboxylic acids is 1. The summed E-state index contributed by atoms with van der Waals surface area (Å²) in [6.45, 7) is 5.04. The lowest BCUT2D eigenvalue weighted by Crippen LogP contribution is -2.31. The van der Waals surface area contributed by atoms with Crippen molar-refractivity contribution in [3.05, 3.63) is 35.5 Å². The first-order valence-corrected chi connectivity index (χ1v) is 8.05. The molecule has 0 bridgehead atoms. The molecular formula is C16H22N6O2. The molecule has 0 spiro atoms. The molecule has 3 heterocycles. The maximum atomic E-state index is 12.5. The van der Waals surface area contributed by atoms with Gasteiger partial charge in [-0.05, 0) is 13.8 Å². The van der Waals surface area contributed by atoms with Gasteiger partial charge >= 0.3 is 0 Å². The topological polar surface area (TPSA) is 94.0 Å². The molecule has 8 heteroatoms. The third kappa shape index (κ3) is 3.38. The van der Waals surface area contributed by atoms with Gasteiger partial charge in [0.1, 0.15) is 5.82 Å². The van der Waals surface area contributed by atoms with Crippen molar-refractivity contribution < 1.29 is 9.53 Å². The zero-order valence-electron chi connectivity index (χ0n) is 14.1. The largest absolute Gasteiger partial charge is 0.369 e. The Bertz CT molecular complexity index is 715. The predicted molar refractivity (Wildman–Crippen MR) is 88.7 cm³/mol. The number of ether oxygens (including phenoxy) is 1. The number of amides is 1. The summed E-state index contributed by atoms with van der Waals surface area (Å²) in [5.41, 5.74) is 2.47. The minimum Gasteiger partial charge on any atom is -0.369 e. The molecule has 2 N–H and O–H groups in total. The van der Waals surface area contributed by atoms with Crippen molar-refractivity contribution in [1.29, 1.82) is 0 Å². The standard InChI is InChI=1S/C16H22N6O2/c1-10-8-12-14(21-22(3)15(12)11(2)24-10)16(23)20-7-6-19-13-9-17-4-5-18-13/h4-5,9-11H,6-8H2,1-3H3,(H,18,19)(H,20,23)/t10-,11+/m1/s1. The van der Waals surface area contributed by atoms with Gasteiger partial charge in [-0.25, -0.2) is 4.98 Å². The molecule has 0 aromatic carbocycles. The highest BCUT2D eigenvalue weighted by molar-refractivity contribution is 5.94. The molecule has 8 nitrogen and oxygen atoms in total. The number of anilines is 1. The number of nitrogens with one attached hydrogen (secondary N) is 2. The predicted octanol–water partition coefficient (Wildman–Crippen LogP) is 1.07. The third-order valence-electron chi connectivity index (χ3n) is 4.00. The van der Waals surface area contributed by atoms with Crippen LogP contribution in [0.5, 0.6) is 0 Å². The summed E-state index contributed by atoms with van der Waals surface area (Å²) in [6, 6.07) is 0. The van der Waals surface area contributed by atoms with Crippen molar-refractivity contribution in [3.63, 3.8) is 0 Å². The van der Waals surface area contributed by atoms with E-state index in [0.29, 0.717) is 31.0 Å². The first-order valence-electron chi connectivity index (χ1n) is 8.05. The monoisotopic (exact) mass is 330 g/mol. The number of carbonyl (C=O) groups is 1. The normalized spacial score (nSPS) is 19.6. The molecule has 0 aliphatic carbocycles. The Balaban J connectivity index is 1.61. The average molecular weight is 330 g/mol. The molecule has 0 radical (unpaired) electrons. The zero-order chi connectivity index (χ0) is 17.1. The summed E-state index contributed by atoms with van der Waals surface area (Å²) in [7, 11) is 1.85. The zero-order valence-corrected chi connectivity index (χ0v) is 14.1. The first kappa shape index (κ1) is 16.4. The van der Waals surface area contributed by atoms with Crippen LogP contribution in [0.2, 0.25) is 0 Å². The highest BCUT2D eigenvalue weighted by Gasteiger charge is 2.31. The molecule has 2 atom stereocenters. The molecule has 2 aromatic rings. The summed E-state index contributed by atoms with van der Waals surface area (Å²) in [5, 5.41) is 10.4. The number of aromatic nitrogens is 4. The number of rotatable bonds is 5. The van der Waals surface area contributed by atoms with E-state index in [-0.39, 0.29) is 18.1 Å². The van der Waals surface area contributed by atoms with E-state index in [0.717, 1.165) is 11.3 Å². The number of hydrogen-bond acceptors (Lipinski definition) is 6. The van der Waals surface area contributed by atoms with Crippen molar-refractivity contribution in [1.82, 2.24) is 25.1 Å². The fraction of sp³-hybridized carbons (Fsp3) is 0.500. The van der Waals surface area contributed by atoms with Crippen LogP contribution in [-0.4, -0.2) is 44.8 Å². The second-order valence-corrected chi connectivity index (χ2v) is 5.90. The molecule has 0 saturated heterocycles. The molecule has 0 unspecified atom stereocenters. The quantitative estimate of drug-likeness (QED) is 0.797. The van der Waals surface area contributed by atoms with Gasteiger partial charge in [0, 0.05) is 44.5 Å². The Morgan fingerprint density at radius 1 is 1.38 bits per heavy atom. The Morgan fingerprint density at radius 3 is 2.96 bits per heavy atom. The lowest BCUT2D eigenvalue weighted by Gasteiger charge is -2.26. The molecule has 2 aromatic heterocycles. The van der Waals surface area contributed by atoms with Crippen molar-refractivity contribution >= 4 is 11.7 Å². The Hall–Kier alpha value is -2.48. The fourth-order valence-electron chi connectivity index (χ4n) is 3.06. The Morgan fingerprint density at radius 2 is 2.21 bits per heavy atom. The van der Waals surface area contributed by atoms with E-state index in [4.69, 9.17) is 4.74 Å². The number of nitrogens with zero attached hydrogens (tertiary/aromatic N) is 4. The number of fused-ring (bicyclic) bond motifs is 1. The average Bonchev–Trinajstić information content (AvgIpc) is 2.89. The van der Waals surface area contributed by atoms with Crippen LogP contribution in [0, 0.1) is 0 Å². The van der Waals surface area contributed by atoms with Crippen LogP contribution < -0.4 is 10.6 Å². The van der Waals surface area contributed by atoms with E-state index >= 15 is 0 Å². The highest BCUT2D eigenvalue weighted by atomic mass is 16.5. The number of aryl methyl sites for hydroxylation is 1. The van der Waals surface area contributed by atoms with E-state index in [1.165, 1.54) is 0 Å². The summed E-state index contributed by atoms with van der Waals surface area (Å²) >= 11 is 0. The molecular weight excluding hydrogens is 308 g/mol. The first-order chi connectivity index (χ1) is 11.6. The van der Waals surface area contributed by atoms with Crippen LogP contribution in [0.1, 0.15) is 41.7 Å². The van der Waals surface area contributed by atoms with Crippen LogP contribution in [0.15, 0.2) is 18.6 Å². The Labute approximate surface area is 140 Å². The molecule has 1 aliphatic heterocycles. The molecule has 3 rings (SSSR count). The van der Waals surface area contributed by atoms with Gasteiger partial charge < -0.3 is 15.4 Å². The van der Waals surface area contributed by atoms with Crippen LogP contribution in [0.3, 0.4) is 0 Å². The smallest absolute Gasteiger partial charge is 0.272 e. The van der Waals surface area contributed by atoms with Crippen molar-refractivity contribution in [3.8, 4) is 0 Å². The molecule has 24 heavy (non-hydrogen) atoms. The van der Waals surface area contributed by atoms with Crippen molar-refractivity contribution in [2.45, 2.75) is 32.5 Å². The van der Waals surface area contributed by atoms with Crippen LogP contribution >= 0.6 is 0 Å². The fourth-order valence-corrected chi connectivity index (χ4v) is 3.06. The summed E-state index contributed by atoms with van der Waals surface area (Å²) < 4.78 is 7.57. The van der Waals surface area contributed by atoms with Gasteiger partial charge in [-0.2, -0.15) is 5.10 Å². The van der Waals surface area contributed by atoms with Gasteiger partial charge in [-0.3, -0.25) is 14.5 Å². The molecule has 128 valence electrons. The van der Waals surface area contributed by atoms with Gasteiger partial charge in [0.05, 0.1) is 24.1 Å². The SMILES string of the molecule is C[C@@H]1Cc2c(C(=O)NCCNc3cnccn3)nn(C)c2[C@H](C)O1. The van der Waals surface area contributed by atoms with Gasteiger partial charge in [-0.1, -0.05) is 0 Å². The van der Waals surface area contributed by atoms with Gasteiger partial charge in [-0.15, -0.1) is 0 Å². The van der Waals surface area contributed by atoms with E-state index in [2.05, 4.69) is 25.7 Å². The molecule has 1 amide bonds. The van der Waals surface area contributed by atoms with Crippen LogP contribution in [-0.2, 0) is 18.2 Å². The lowest BCUT2D eigenvalue weighted by molar-refractivity contribution is -0.00902. The van der Waals surface area contributed by atoms with E-state index in [9.17, 15) is 4.79 Å². The van der Waals surface area contributed by atoms with Crippen LogP contribution in [0.4, 0.5) is 5.82 Å². The van der Waals surface area contributed by atoms with Gasteiger partial charge in [0.15, 0.2) is 5.69 Å². The van der Waals surface area contributed by atoms with Gasteiger partial charge in [0.25, 0.3) is 5.91 Å². The van der Waals surface area contributed by atoms with E-state index < -0.39 is 0 Å². The van der Waals surface area contributed by atoms with Crippen LogP contribution in [0.25, 0.3) is 0 Å². The minimum atomic E-state index is -0.158. The molecule has 0 saturated carbocycles. The minimum absolute atomic E-state index is 0.0545. The third-order valence-corrected chi connectivity index (χ3v) is 4.00. The maximum absolute atomic E-state index is 12.5.